The number of hydrogen-bond acceptors (Lipinski definition) is 5. The van der Waals surface area contributed by atoms with Gasteiger partial charge in [0, 0.05) is 13.0 Å². The fourth-order valence-corrected chi connectivity index (χ4v) is 2.74. The molecule has 0 bridgehead atoms. The zero-order chi connectivity index (χ0) is 19.4. The van der Waals surface area contributed by atoms with Gasteiger partial charge in [-0.15, -0.1) is 0 Å². The van der Waals surface area contributed by atoms with Gasteiger partial charge in [0.05, 0.1) is 0 Å². The van der Waals surface area contributed by atoms with Crippen LogP contribution in [0.15, 0.2) is 24.3 Å². The van der Waals surface area contributed by atoms with Crippen molar-refractivity contribution in [2.24, 2.45) is 0 Å². The van der Waals surface area contributed by atoms with Crippen molar-refractivity contribution in [3.63, 3.8) is 0 Å². The number of halogens is 1. The molecule has 0 aliphatic heterocycles. The van der Waals surface area contributed by atoms with E-state index in [9.17, 15) is 19.2 Å². The zero-order valence-electron chi connectivity index (χ0n) is 15.0. The van der Waals surface area contributed by atoms with Crippen molar-refractivity contribution in [1.29, 1.82) is 0 Å². The van der Waals surface area contributed by atoms with Gasteiger partial charge < -0.3 is 10.1 Å². The molecule has 0 aliphatic rings. The van der Waals surface area contributed by atoms with E-state index in [-0.39, 0.29) is 28.8 Å². The Bertz CT molecular complexity index is 617. The molecule has 0 saturated heterocycles. The number of alkyl halides is 2. The molecule has 0 atom stereocenters. The van der Waals surface area contributed by atoms with Crippen LogP contribution in [0.4, 0.5) is 5.69 Å². The van der Waals surface area contributed by atoms with Crippen LogP contribution in [0.1, 0.15) is 18.4 Å². The minimum absolute atomic E-state index is 0.000870. The van der Waals surface area contributed by atoms with E-state index in [1.54, 1.807) is 12.1 Å². The number of rotatable bonds is 12. The molecule has 144 valence electrons. The normalized spacial score (nSPS) is 10.8. The van der Waals surface area contributed by atoms with E-state index in [4.69, 9.17) is 4.74 Å². The number of amides is 2. The second kappa shape index (κ2) is 12.5. The van der Waals surface area contributed by atoms with E-state index >= 15 is 0 Å². The molecule has 0 saturated carbocycles. The van der Waals surface area contributed by atoms with Gasteiger partial charge in [-0.2, -0.15) is 0 Å². The van der Waals surface area contributed by atoms with Crippen LogP contribution >= 0.6 is 19.8 Å². The van der Waals surface area contributed by atoms with Gasteiger partial charge >= 0.3 is 121 Å². The minimum atomic E-state index is -1.52. The summed E-state index contributed by atoms with van der Waals surface area (Å²) in [5, 5.41) is 5.36. The van der Waals surface area contributed by atoms with Crippen molar-refractivity contribution in [1.82, 2.24) is 5.32 Å². The Morgan fingerprint density at radius 2 is 1.77 bits per heavy atom. The van der Waals surface area contributed by atoms with Crippen LogP contribution in [-0.2, 0) is 30.3 Å². The van der Waals surface area contributed by atoms with Crippen LogP contribution in [0.3, 0.4) is 0 Å². The summed E-state index contributed by atoms with van der Waals surface area (Å²) in [6.07, 6.45) is 2.00. The second-order valence-corrected chi connectivity index (χ2v) is 11.2. The summed E-state index contributed by atoms with van der Waals surface area (Å²) in [6.45, 7) is 0.207. The summed E-state index contributed by atoms with van der Waals surface area (Å²) >= 11 is -1.52. The van der Waals surface area contributed by atoms with Crippen molar-refractivity contribution in [3.8, 4) is 0 Å². The van der Waals surface area contributed by atoms with E-state index in [1.807, 2.05) is 22.0 Å². The third-order valence-electron chi connectivity index (χ3n) is 3.33. The predicted molar refractivity (Wildman–Crippen MR) is 109 cm³/mol. The van der Waals surface area contributed by atoms with Gasteiger partial charge in [0.1, 0.15) is 6.29 Å². The molecule has 0 radical (unpaired) electrons. The SMILES string of the molecule is CI(C)C(=O)COCC(=O)Nc1ccc(CCC(=O)NCCC=O)cc1. The van der Waals surface area contributed by atoms with Crippen molar-refractivity contribution >= 4 is 47.4 Å². The molecule has 0 aliphatic carbocycles. The summed E-state index contributed by atoms with van der Waals surface area (Å²) in [6, 6.07) is 7.18. The number of aldehydes is 1. The van der Waals surface area contributed by atoms with Crippen molar-refractivity contribution in [2.45, 2.75) is 19.3 Å². The molecule has 7 nitrogen and oxygen atoms in total. The Balaban J connectivity index is 2.31. The molecule has 0 fully saturated rings. The number of ether oxygens (including phenoxy) is 1. The van der Waals surface area contributed by atoms with Gasteiger partial charge in [0.2, 0.25) is 5.91 Å². The van der Waals surface area contributed by atoms with E-state index in [1.165, 1.54) is 0 Å². The van der Waals surface area contributed by atoms with Crippen LogP contribution < -0.4 is 10.6 Å². The number of carbonyl (C=O) groups excluding carboxylic acids is 4. The second-order valence-electron chi connectivity index (χ2n) is 5.65. The number of hydrogen-bond donors (Lipinski definition) is 2. The van der Waals surface area contributed by atoms with Gasteiger partial charge in [-0.3, -0.25) is 4.79 Å². The first kappa shape index (κ1) is 22.2. The predicted octanol–water partition coefficient (Wildman–Crippen LogP) is 1.57. The third-order valence-corrected chi connectivity index (χ3v) is 6.05. The number of nitrogens with one attached hydrogen (secondary N) is 2. The molecule has 0 aromatic heterocycles. The molecule has 1 aromatic rings. The monoisotopic (exact) mass is 476 g/mol. The number of carbonyl (C=O) groups is 4. The average molecular weight is 476 g/mol. The Morgan fingerprint density at radius 3 is 2.38 bits per heavy atom. The number of anilines is 1. The molecule has 0 heterocycles. The van der Waals surface area contributed by atoms with E-state index < -0.39 is 19.8 Å². The molecule has 2 amide bonds. The van der Waals surface area contributed by atoms with Gasteiger partial charge in [-0.05, 0) is 0 Å². The summed E-state index contributed by atoms with van der Waals surface area (Å²) in [5.74, 6) is -0.409. The van der Waals surface area contributed by atoms with E-state index in [0.717, 1.165) is 11.8 Å². The summed E-state index contributed by atoms with van der Waals surface area (Å²) in [5.41, 5.74) is 1.60. The Hall–Kier alpha value is -1.81. The van der Waals surface area contributed by atoms with Gasteiger partial charge in [0.25, 0.3) is 0 Å². The molecule has 26 heavy (non-hydrogen) atoms. The van der Waals surface area contributed by atoms with Crippen molar-refractivity contribution in [2.75, 3.05) is 34.9 Å². The Kier molecular flexibility index (Phi) is 10.7. The van der Waals surface area contributed by atoms with Crippen molar-refractivity contribution in [3.05, 3.63) is 29.8 Å². The molecule has 1 aromatic carbocycles. The van der Waals surface area contributed by atoms with Crippen LogP contribution in [0.5, 0.6) is 0 Å². The van der Waals surface area contributed by atoms with E-state index in [2.05, 4.69) is 10.6 Å². The first-order chi connectivity index (χ1) is 12.4. The average Bonchev–Trinajstić information content (AvgIpc) is 2.61. The van der Waals surface area contributed by atoms with Gasteiger partial charge in [0.15, 0.2) is 0 Å². The molecule has 2 N–H and O–H groups in total. The molecule has 8 heteroatoms. The fourth-order valence-electron chi connectivity index (χ4n) is 1.90. The zero-order valence-corrected chi connectivity index (χ0v) is 17.2. The molecular weight excluding hydrogens is 451 g/mol. The van der Waals surface area contributed by atoms with Crippen LogP contribution in [-0.4, -0.2) is 51.5 Å². The number of benzene rings is 1. The molecule has 1 rings (SSSR count). The van der Waals surface area contributed by atoms with Crippen LogP contribution in [0.2, 0.25) is 0 Å². The Labute approximate surface area is 160 Å². The molecule has 0 spiro atoms. The quantitative estimate of drug-likeness (QED) is 0.157. The number of aryl methyl sites for hydroxylation is 1. The van der Waals surface area contributed by atoms with Gasteiger partial charge in [-0.25, -0.2) is 0 Å². The Morgan fingerprint density at radius 1 is 1.08 bits per heavy atom. The summed E-state index contributed by atoms with van der Waals surface area (Å²) in [7, 11) is 0. The maximum atomic E-state index is 11.8. The molecule has 0 unspecified atom stereocenters. The molecular formula is C18H25IN2O5. The first-order valence-corrected chi connectivity index (χ1v) is 13.5. The van der Waals surface area contributed by atoms with E-state index in [0.29, 0.717) is 31.5 Å². The topological polar surface area (TPSA) is 102 Å². The van der Waals surface area contributed by atoms with Gasteiger partial charge in [-0.1, -0.05) is 0 Å². The summed E-state index contributed by atoms with van der Waals surface area (Å²) < 4.78 is 5.24. The van der Waals surface area contributed by atoms with Crippen molar-refractivity contribution < 1.29 is 23.9 Å². The summed E-state index contributed by atoms with van der Waals surface area (Å²) in [4.78, 5) is 48.9. The van der Waals surface area contributed by atoms with Crippen LogP contribution in [0, 0.1) is 0 Å². The standard InChI is InChI=1S/C18H25IN2O5/c1-19(2)16(23)12-26-13-18(25)21-15-7-4-14(5-8-15)6-9-17(24)20-10-3-11-22/h4-5,7-8,11H,3,6,9-10,12-13H2,1-2H3,(H,20,24)(H,21,25). The fraction of sp³-hybridized carbons (Fsp3) is 0.444. The maximum absolute atomic E-state index is 11.8. The first-order valence-electron chi connectivity index (χ1n) is 8.12. The third kappa shape index (κ3) is 9.62. The van der Waals surface area contributed by atoms with Crippen LogP contribution in [0.25, 0.3) is 0 Å².